The van der Waals surface area contributed by atoms with Crippen molar-refractivity contribution in [2.45, 2.75) is 31.6 Å². The molecule has 3 nitrogen and oxygen atoms in total. The minimum atomic E-state index is 0.128. The second kappa shape index (κ2) is 3.96. The predicted octanol–water partition coefficient (Wildman–Crippen LogP) is 2.83. The first-order valence-corrected chi connectivity index (χ1v) is 6.93. The molecule has 2 aromatic heterocycles. The molecule has 4 heteroatoms. The fourth-order valence-corrected chi connectivity index (χ4v) is 3.39. The second-order valence-corrected chi connectivity index (χ2v) is 5.83. The van der Waals surface area contributed by atoms with Crippen molar-refractivity contribution >= 4 is 11.3 Å². The molecule has 2 heterocycles. The quantitative estimate of drug-likeness (QED) is 0.876. The minimum absolute atomic E-state index is 0.128. The van der Waals surface area contributed by atoms with Crippen LogP contribution in [0.25, 0.3) is 10.6 Å². The van der Waals surface area contributed by atoms with Gasteiger partial charge in [0.05, 0.1) is 16.8 Å². The molecule has 3 rings (SSSR count). The number of nitrogens with one attached hydrogen (secondary N) is 1. The first-order chi connectivity index (χ1) is 8.25. The van der Waals surface area contributed by atoms with Crippen LogP contribution in [0.5, 0.6) is 0 Å². The van der Waals surface area contributed by atoms with Crippen LogP contribution in [-0.4, -0.2) is 16.5 Å². The molecule has 0 aliphatic heterocycles. The molecular formula is C13H17N3S. The van der Waals surface area contributed by atoms with Gasteiger partial charge in [-0.1, -0.05) is 6.42 Å². The van der Waals surface area contributed by atoms with Gasteiger partial charge in [0.15, 0.2) is 0 Å². The first kappa shape index (κ1) is 11.0. The summed E-state index contributed by atoms with van der Waals surface area (Å²) in [7, 11) is 0. The Labute approximate surface area is 105 Å². The lowest BCUT2D eigenvalue weighted by molar-refractivity contribution is 0.240. The Balaban J connectivity index is 1.96. The standard InChI is InChI=1S/C13H17N3S/c1-9-3-6-17-11(9)10-7-15-12(16-10)13(8-14)4-2-5-13/h3,6-7H,2,4-5,8,14H2,1H3,(H,15,16). The Kier molecular flexibility index (Phi) is 2.56. The zero-order valence-corrected chi connectivity index (χ0v) is 10.8. The summed E-state index contributed by atoms with van der Waals surface area (Å²) in [5.74, 6) is 1.08. The van der Waals surface area contributed by atoms with E-state index in [1.165, 1.54) is 29.7 Å². The molecule has 2 aromatic rings. The van der Waals surface area contributed by atoms with E-state index in [4.69, 9.17) is 5.73 Å². The van der Waals surface area contributed by atoms with E-state index in [0.717, 1.165) is 11.5 Å². The van der Waals surface area contributed by atoms with Crippen molar-refractivity contribution in [3.63, 3.8) is 0 Å². The van der Waals surface area contributed by atoms with Gasteiger partial charge < -0.3 is 10.7 Å². The Hall–Kier alpha value is -1.13. The van der Waals surface area contributed by atoms with Gasteiger partial charge >= 0.3 is 0 Å². The molecule has 0 atom stereocenters. The van der Waals surface area contributed by atoms with E-state index in [1.54, 1.807) is 11.3 Å². The highest BCUT2D eigenvalue weighted by Gasteiger charge is 2.39. The normalized spacial score (nSPS) is 18.0. The third kappa shape index (κ3) is 1.63. The highest BCUT2D eigenvalue weighted by Crippen LogP contribution is 2.42. The highest BCUT2D eigenvalue weighted by atomic mass is 32.1. The van der Waals surface area contributed by atoms with Gasteiger partial charge in [0, 0.05) is 12.0 Å². The van der Waals surface area contributed by atoms with Gasteiger partial charge in [0.25, 0.3) is 0 Å². The van der Waals surface area contributed by atoms with Crippen molar-refractivity contribution in [1.29, 1.82) is 0 Å². The molecule has 1 aliphatic rings. The van der Waals surface area contributed by atoms with Crippen LogP contribution in [0.1, 0.15) is 30.7 Å². The third-order valence-corrected chi connectivity index (χ3v) is 4.94. The fourth-order valence-electron chi connectivity index (χ4n) is 2.50. The average Bonchev–Trinajstić information content (AvgIpc) is 2.86. The van der Waals surface area contributed by atoms with Crippen molar-refractivity contribution < 1.29 is 0 Å². The number of aromatic amines is 1. The Morgan fingerprint density at radius 1 is 1.53 bits per heavy atom. The zero-order valence-electron chi connectivity index (χ0n) is 9.99. The molecule has 3 N–H and O–H groups in total. The van der Waals surface area contributed by atoms with E-state index in [0.29, 0.717) is 6.54 Å². The summed E-state index contributed by atoms with van der Waals surface area (Å²) in [4.78, 5) is 9.31. The van der Waals surface area contributed by atoms with E-state index in [-0.39, 0.29) is 5.41 Å². The van der Waals surface area contributed by atoms with E-state index in [9.17, 15) is 0 Å². The SMILES string of the molecule is Cc1ccsc1-c1cnc(C2(CN)CCC2)[nH]1. The van der Waals surface area contributed by atoms with Gasteiger partial charge in [0.1, 0.15) is 5.82 Å². The first-order valence-electron chi connectivity index (χ1n) is 6.05. The monoisotopic (exact) mass is 247 g/mol. The van der Waals surface area contributed by atoms with Crippen LogP contribution in [0, 0.1) is 6.92 Å². The van der Waals surface area contributed by atoms with E-state index in [2.05, 4.69) is 28.3 Å². The molecular weight excluding hydrogens is 230 g/mol. The molecule has 0 unspecified atom stereocenters. The fraction of sp³-hybridized carbons (Fsp3) is 0.462. The minimum Gasteiger partial charge on any atom is -0.341 e. The molecule has 90 valence electrons. The average molecular weight is 247 g/mol. The number of imidazole rings is 1. The van der Waals surface area contributed by atoms with Gasteiger partial charge in [-0.15, -0.1) is 11.3 Å². The van der Waals surface area contributed by atoms with Gasteiger partial charge in [0.2, 0.25) is 0 Å². The van der Waals surface area contributed by atoms with Crippen LogP contribution >= 0.6 is 11.3 Å². The summed E-state index contributed by atoms with van der Waals surface area (Å²) in [6, 6.07) is 2.14. The Bertz CT molecular complexity index is 517. The maximum Gasteiger partial charge on any atom is 0.114 e. The van der Waals surface area contributed by atoms with Crippen LogP contribution in [-0.2, 0) is 5.41 Å². The summed E-state index contributed by atoms with van der Waals surface area (Å²) < 4.78 is 0. The van der Waals surface area contributed by atoms with Crippen LogP contribution in [0.15, 0.2) is 17.6 Å². The number of aryl methyl sites for hydroxylation is 1. The van der Waals surface area contributed by atoms with Gasteiger partial charge in [-0.25, -0.2) is 4.98 Å². The van der Waals surface area contributed by atoms with Crippen LogP contribution in [0.3, 0.4) is 0 Å². The molecule has 0 amide bonds. The maximum absolute atomic E-state index is 5.90. The van der Waals surface area contributed by atoms with E-state index >= 15 is 0 Å². The molecule has 17 heavy (non-hydrogen) atoms. The van der Waals surface area contributed by atoms with Crippen LogP contribution in [0.4, 0.5) is 0 Å². The summed E-state index contributed by atoms with van der Waals surface area (Å²) in [6.07, 6.45) is 5.55. The number of hydrogen-bond donors (Lipinski definition) is 2. The molecule has 1 saturated carbocycles. The Morgan fingerprint density at radius 2 is 2.35 bits per heavy atom. The molecule has 1 aliphatic carbocycles. The number of hydrogen-bond acceptors (Lipinski definition) is 3. The molecule has 0 saturated heterocycles. The van der Waals surface area contributed by atoms with E-state index < -0.39 is 0 Å². The lowest BCUT2D eigenvalue weighted by atomic mass is 9.68. The molecule has 0 spiro atoms. The van der Waals surface area contributed by atoms with Crippen LogP contribution in [0.2, 0.25) is 0 Å². The van der Waals surface area contributed by atoms with Crippen LogP contribution < -0.4 is 5.73 Å². The van der Waals surface area contributed by atoms with Crippen molar-refractivity contribution in [3.05, 3.63) is 29.0 Å². The Morgan fingerprint density at radius 3 is 2.88 bits per heavy atom. The summed E-state index contributed by atoms with van der Waals surface area (Å²) in [5, 5.41) is 2.12. The molecule has 0 aromatic carbocycles. The third-order valence-electron chi connectivity index (χ3n) is 3.89. The number of aromatic nitrogens is 2. The number of rotatable bonds is 3. The number of H-pyrrole nitrogens is 1. The smallest absolute Gasteiger partial charge is 0.114 e. The van der Waals surface area contributed by atoms with Crippen molar-refractivity contribution in [3.8, 4) is 10.6 Å². The molecule has 0 radical (unpaired) electrons. The van der Waals surface area contributed by atoms with Gasteiger partial charge in [-0.3, -0.25) is 0 Å². The van der Waals surface area contributed by atoms with Crippen molar-refractivity contribution in [2.75, 3.05) is 6.54 Å². The lowest BCUT2D eigenvalue weighted by Gasteiger charge is -2.39. The second-order valence-electron chi connectivity index (χ2n) is 4.92. The molecule has 0 bridgehead atoms. The summed E-state index contributed by atoms with van der Waals surface area (Å²) >= 11 is 1.76. The van der Waals surface area contributed by atoms with Gasteiger partial charge in [-0.05, 0) is 36.8 Å². The summed E-state index contributed by atoms with van der Waals surface area (Å²) in [6.45, 7) is 2.83. The van der Waals surface area contributed by atoms with Crippen molar-refractivity contribution in [2.24, 2.45) is 5.73 Å². The maximum atomic E-state index is 5.90. The van der Waals surface area contributed by atoms with Gasteiger partial charge in [-0.2, -0.15) is 0 Å². The number of nitrogens with two attached hydrogens (primary N) is 1. The summed E-state index contributed by atoms with van der Waals surface area (Å²) in [5.41, 5.74) is 8.47. The molecule has 1 fully saturated rings. The van der Waals surface area contributed by atoms with Crippen molar-refractivity contribution in [1.82, 2.24) is 9.97 Å². The zero-order chi connectivity index (χ0) is 11.9. The lowest BCUT2D eigenvalue weighted by Crippen LogP contribution is -2.42. The number of thiophene rings is 1. The number of nitrogens with zero attached hydrogens (tertiary/aromatic N) is 1. The largest absolute Gasteiger partial charge is 0.341 e. The topological polar surface area (TPSA) is 54.7 Å². The predicted molar refractivity (Wildman–Crippen MR) is 71.2 cm³/mol. The highest BCUT2D eigenvalue weighted by molar-refractivity contribution is 7.13. The van der Waals surface area contributed by atoms with E-state index in [1.807, 2.05) is 6.20 Å².